The van der Waals surface area contributed by atoms with Crippen molar-refractivity contribution in [2.75, 3.05) is 38.1 Å². The SMILES string of the molecule is COC(=O)c1sc(N(C)C)c(SC)c1N. The Hall–Kier alpha value is -0.880. The summed E-state index contributed by atoms with van der Waals surface area (Å²) in [6.45, 7) is 0. The zero-order valence-corrected chi connectivity index (χ0v) is 10.8. The van der Waals surface area contributed by atoms with E-state index in [9.17, 15) is 4.79 Å². The molecular weight excluding hydrogens is 232 g/mol. The van der Waals surface area contributed by atoms with Crippen LogP contribution in [0.4, 0.5) is 10.7 Å². The number of hydrogen-bond acceptors (Lipinski definition) is 6. The molecule has 0 aliphatic carbocycles. The Morgan fingerprint density at radius 2 is 2.13 bits per heavy atom. The van der Waals surface area contributed by atoms with Gasteiger partial charge in [0.05, 0.1) is 17.7 Å². The summed E-state index contributed by atoms with van der Waals surface area (Å²) >= 11 is 2.89. The summed E-state index contributed by atoms with van der Waals surface area (Å²) in [7, 11) is 5.20. The highest BCUT2D eigenvalue weighted by atomic mass is 32.2. The van der Waals surface area contributed by atoms with E-state index in [0.717, 1.165) is 9.90 Å². The average molecular weight is 246 g/mol. The van der Waals surface area contributed by atoms with Crippen molar-refractivity contribution in [3.63, 3.8) is 0 Å². The number of thiophene rings is 1. The minimum atomic E-state index is -0.374. The molecule has 15 heavy (non-hydrogen) atoms. The number of rotatable bonds is 3. The second kappa shape index (κ2) is 4.76. The van der Waals surface area contributed by atoms with Crippen LogP contribution in [0.25, 0.3) is 0 Å². The molecule has 1 aromatic heterocycles. The van der Waals surface area contributed by atoms with Crippen LogP contribution in [0.2, 0.25) is 0 Å². The van der Waals surface area contributed by atoms with Crippen LogP contribution < -0.4 is 10.6 Å². The number of nitrogens with two attached hydrogens (primary N) is 1. The van der Waals surface area contributed by atoms with Gasteiger partial charge in [0.15, 0.2) is 0 Å². The molecule has 84 valence electrons. The first kappa shape index (κ1) is 12.2. The van der Waals surface area contributed by atoms with Crippen molar-refractivity contribution in [2.45, 2.75) is 4.90 Å². The molecule has 1 aromatic rings. The van der Waals surface area contributed by atoms with E-state index in [1.54, 1.807) is 0 Å². The van der Waals surface area contributed by atoms with Crippen LogP contribution in [-0.2, 0) is 4.74 Å². The van der Waals surface area contributed by atoms with Gasteiger partial charge in [-0.15, -0.1) is 23.1 Å². The van der Waals surface area contributed by atoms with E-state index < -0.39 is 0 Å². The molecule has 0 unspecified atom stereocenters. The molecule has 0 saturated heterocycles. The predicted molar refractivity (Wildman–Crippen MR) is 66.2 cm³/mol. The van der Waals surface area contributed by atoms with E-state index in [1.807, 2.05) is 25.3 Å². The maximum Gasteiger partial charge on any atom is 0.350 e. The number of esters is 1. The van der Waals surface area contributed by atoms with Crippen molar-refractivity contribution >= 4 is 39.8 Å². The Bertz CT molecular complexity index is 374. The number of carbonyl (C=O) groups is 1. The summed E-state index contributed by atoms with van der Waals surface area (Å²) in [6.07, 6.45) is 1.94. The molecule has 0 atom stereocenters. The molecule has 0 spiro atoms. The topological polar surface area (TPSA) is 55.6 Å². The van der Waals surface area contributed by atoms with Gasteiger partial charge >= 0.3 is 5.97 Å². The number of ether oxygens (including phenoxy) is 1. The molecule has 4 nitrogen and oxygen atoms in total. The minimum absolute atomic E-state index is 0.374. The molecule has 6 heteroatoms. The van der Waals surface area contributed by atoms with Crippen molar-refractivity contribution in [1.82, 2.24) is 0 Å². The number of hydrogen-bond donors (Lipinski definition) is 1. The van der Waals surface area contributed by atoms with Gasteiger partial charge in [0.2, 0.25) is 0 Å². The lowest BCUT2D eigenvalue weighted by Crippen LogP contribution is -2.07. The summed E-state index contributed by atoms with van der Waals surface area (Å²) < 4.78 is 4.67. The van der Waals surface area contributed by atoms with Crippen molar-refractivity contribution < 1.29 is 9.53 Å². The van der Waals surface area contributed by atoms with Crippen LogP contribution in [-0.4, -0.2) is 33.4 Å². The van der Waals surface area contributed by atoms with E-state index in [4.69, 9.17) is 5.73 Å². The molecule has 0 saturated carbocycles. The van der Waals surface area contributed by atoms with Gasteiger partial charge in [-0.25, -0.2) is 4.79 Å². The molecule has 1 heterocycles. The van der Waals surface area contributed by atoms with E-state index in [1.165, 1.54) is 30.2 Å². The average Bonchev–Trinajstić information content (AvgIpc) is 2.54. The number of methoxy groups -OCH3 is 1. The first-order valence-corrected chi connectivity index (χ1v) is 6.29. The monoisotopic (exact) mass is 246 g/mol. The predicted octanol–water partition coefficient (Wildman–Crippen LogP) is 1.90. The summed E-state index contributed by atoms with van der Waals surface area (Å²) in [4.78, 5) is 14.8. The van der Waals surface area contributed by atoms with Crippen LogP contribution in [0.5, 0.6) is 0 Å². The molecule has 0 aliphatic rings. The third kappa shape index (κ3) is 2.21. The Kier molecular flexibility index (Phi) is 3.87. The van der Waals surface area contributed by atoms with Crippen molar-refractivity contribution in [2.24, 2.45) is 0 Å². The largest absolute Gasteiger partial charge is 0.465 e. The Morgan fingerprint density at radius 1 is 1.53 bits per heavy atom. The van der Waals surface area contributed by atoms with Crippen molar-refractivity contribution in [1.29, 1.82) is 0 Å². The summed E-state index contributed by atoms with van der Waals surface area (Å²) in [5, 5.41) is 0.986. The van der Waals surface area contributed by atoms with E-state index >= 15 is 0 Å². The standard InChI is InChI=1S/C9H14N2O2S2/c1-11(2)8-6(14-4)5(10)7(15-8)9(12)13-3/h10H2,1-4H3. The van der Waals surface area contributed by atoms with E-state index in [2.05, 4.69) is 4.74 Å². The fourth-order valence-electron chi connectivity index (χ4n) is 1.15. The normalized spacial score (nSPS) is 10.1. The van der Waals surface area contributed by atoms with E-state index in [-0.39, 0.29) is 5.97 Å². The number of nitrogens with zero attached hydrogens (tertiary/aromatic N) is 1. The van der Waals surface area contributed by atoms with Gasteiger partial charge in [-0.2, -0.15) is 0 Å². The molecule has 2 N–H and O–H groups in total. The maximum atomic E-state index is 11.4. The first-order valence-electron chi connectivity index (χ1n) is 4.24. The fourth-order valence-corrected chi connectivity index (χ4v) is 3.23. The zero-order valence-electron chi connectivity index (χ0n) is 9.16. The van der Waals surface area contributed by atoms with Gasteiger partial charge in [0.25, 0.3) is 0 Å². The van der Waals surface area contributed by atoms with Crippen LogP contribution in [0.15, 0.2) is 4.90 Å². The van der Waals surface area contributed by atoms with Gasteiger partial charge in [0, 0.05) is 14.1 Å². The highest BCUT2D eigenvalue weighted by Crippen LogP contribution is 2.43. The quantitative estimate of drug-likeness (QED) is 0.652. The van der Waals surface area contributed by atoms with Gasteiger partial charge in [-0.05, 0) is 6.26 Å². The highest BCUT2D eigenvalue weighted by Gasteiger charge is 2.21. The van der Waals surface area contributed by atoms with Crippen molar-refractivity contribution in [3.05, 3.63) is 4.88 Å². The van der Waals surface area contributed by atoms with Crippen LogP contribution in [0, 0.1) is 0 Å². The molecule has 0 bridgehead atoms. The third-order valence-electron chi connectivity index (χ3n) is 1.86. The van der Waals surface area contributed by atoms with Crippen molar-refractivity contribution in [3.8, 4) is 0 Å². The molecular formula is C9H14N2O2S2. The second-order valence-corrected chi connectivity index (χ2v) is 4.88. The summed E-state index contributed by atoms with van der Waals surface area (Å²) in [5.74, 6) is -0.374. The Labute approximate surface area is 97.4 Å². The zero-order chi connectivity index (χ0) is 11.6. The number of carbonyl (C=O) groups excluding carboxylic acids is 1. The van der Waals surface area contributed by atoms with Gasteiger partial charge in [-0.3, -0.25) is 0 Å². The van der Waals surface area contributed by atoms with Crippen LogP contribution in [0.1, 0.15) is 9.67 Å². The fraction of sp³-hybridized carbons (Fsp3) is 0.444. The summed E-state index contributed by atoms with van der Waals surface area (Å²) in [5.41, 5.74) is 6.41. The highest BCUT2D eigenvalue weighted by molar-refractivity contribution is 7.99. The van der Waals surface area contributed by atoms with Gasteiger partial charge in [-0.1, -0.05) is 0 Å². The van der Waals surface area contributed by atoms with E-state index in [0.29, 0.717) is 10.6 Å². The maximum absolute atomic E-state index is 11.4. The van der Waals surface area contributed by atoms with Gasteiger partial charge < -0.3 is 15.4 Å². The second-order valence-electron chi connectivity index (χ2n) is 3.07. The minimum Gasteiger partial charge on any atom is -0.465 e. The number of thioether (sulfide) groups is 1. The number of nitrogen functional groups attached to an aromatic ring is 1. The summed E-state index contributed by atoms with van der Waals surface area (Å²) in [6, 6.07) is 0. The van der Waals surface area contributed by atoms with Crippen LogP contribution in [0.3, 0.4) is 0 Å². The first-order chi connectivity index (χ1) is 7.02. The molecule has 0 radical (unpaired) electrons. The van der Waals surface area contributed by atoms with Crippen LogP contribution >= 0.6 is 23.1 Å². The number of anilines is 2. The molecule has 0 fully saturated rings. The third-order valence-corrected chi connectivity index (χ3v) is 4.17. The Morgan fingerprint density at radius 3 is 2.47 bits per heavy atom. The van der Waals surface area contributed by atoms with Gasteiger partial charge in [0.1, 0.15) is 9.88 Å². The molecule has 0 aliphatic heterocycles. The molecule has 0 amide bonds. The lowest BCUT2D eigenvalue weighted by atomic mass is 10.4. The molecule has 0 aromatic carbocycles. The lowest BCUT2D eigenvalue weighted by Gasteiger charge is -2.10. The smallest absolute Gasteiger partial charge is 0.350 e. The Balaban J connectivity index is 3.27. The molecule has 1 rings (SSSR count). The lowest BCUT2D eigenvalue weighted by molar-refractivity contribution is 0.0607.